The van der Waals surface area contributed by atoms with E-state index in [1.54, 1.807) is 5.32 Å². The monoisotopic (exact) mass is 318 g/mol. The third-order valence-corrected chi connectivity index (χ3v) is 3.16. The fraction of sp³-hybridized carbons (Fsp3) is 0.750. The summed E-state index contributed by atoms with van der Waals surface area (Å²) < 4.78 is 37.9. The summed E-state index contributed by atoms with van der Waals surface area (Å²) in [5.74, 6) is -1.41. The summed E-state index contributed by atoms with van der Waals surface area (Å²) in [4.78, 5) is 23.2. The molecule has 0 aliphatic carbocycles. The lowest BCUT2D eigenvalue weighted by molar-refractivity contribution is -0.191. The van der Waals surface area contributed by atoms with Crippen LogP contribution in [0.25, 0.3) is 0 Å². The summed E-state index contributed by atoms with van der Waals surface area (Å²) in [7, 11) is 0. The smallest absolute Gasteiger partial charge is 0.390 e. The van der Waals surface area contributed by atoms with E-state index < -0.39 is 36.3 Å². The van der Waals surface area contributed by atoms with Crippen LogP contribution < -0.4 is 5.32 Å². The molecule has 3 amide bonds. The molecule has 9 heteroatoms. The molecule has 2 N–H and O–H groups in total. The molecule has 1 rings (SSSR count). The second kappa shape index (κ2) is 4.45. The number of amides is 3. The van der Waals surface area contributed by atoms with Crippen molar-refractivity contribution < 1.29 is 27.9 Å². The van der Waals surface area contributed by atoms with E-state index in [1.165, 1.54) is 0 Å². The summed E-state index contributed by atoms with van der Waals surface area (Å²) in [6.07, 6.45) is -5.99. The second-order valence-electron chi connectivity index (χ2n) is 3.78. The van der Waals surface area contributed by atoms with Crippen molar-refractivity contribution in [1.29, 1.82) is 0 Å². The Balaban J connectivity index is 2.93. The number of β-amino-alcohol motifs (C(OH)–C–C–N with tert-alkyl or cyclic N) is 1. The number of carbonyl (C=O) groups is 2. The van der Waals surface area contributed by atoms with Crippen LogP contribution in [0.4, 0.5) is 18.0 Å². The third kappa shape index (κ3) is 2.39. The van der Waals surface area contributed by atoms with Crippen LogP contribution in [-0.2, 0) is 4.79 Å². The van der Waals surface area contributed by atoms with Crippen LogP contribution in [-0.4, -0.2) is 51.6 Å². The number of carbonyl (C=O) groups excluding carboxylic acids is 2. The Hall–Kier alpha value is -0.830. The van der Waals surface area contributed by atoms with Crippen molar-refractivity contribution in [3.8, 4) is 0 Å². The van der Waals surface area contributed by atoms with Crippen LogP contribution >= 0.6 is 15.9 Å². The van der Waals surface area contributed by atoms with E-state index in [0.29, 0.717) is 11.8 Å². The zero-order valence-corrected chi connectivity index (χ0v) is 10.3. The molecule has 1 aliphatic rings. The van der Waals surface area contributed by atoms with Crippen molar-refractivity contribution in [2.24, 2.45) is 0 Å². The zero-order valence-electron chi connectivity index (χ0n) is 8.71. The molecule has 1 heterocycles. The van der Waals surface area contributed by atoms with Gasteiger partial charge < -0.3 is 10.4 Å². The van der Waals surface area contributed by atoms with Gasteiger partial charge in [-0.25, -0.2) is 4.79 Å². The zero-order chi connectivity index (χ0) is 13.4. The van der Waals surface area contributed by atoms with Crippen molar-refractivity contribution >= 4 is 27.9 Å². The van der Waals surface area contributed by atoms with Gasteiger partial charge in [0.2, 0.25) is 5.54 Å². The van der Waals surface area contributed by atoms with Crippen LogP contribution in [0.2, 0.25) is 0 Å². The highest BCUT2D eigenvalue weighted by molar-refractivity contribution is 9.09. The summed E-state index contributed by atoms with van der Waals surface area (Å²) in [5.41, 5.74) is -2.92. The van der Waals surface area contributed by atoms with Crippen molar-refractivity contribution in [2.75, 3.05) is 11.9 Å². The first kappa shape index (κ1) is 14.2. The largest absolute Gasteiger partial charge is 0.420 e. The summed E-state index contributed by atoms with van der Waals surface area (Å²) >= 11 is 2.89. The first-order valence-electron chi connectivity index (χ1n) is 4.58. The lowest BCUT2D eigenvalue weighted by Crippen LogP contribution is -2.56. The maximum atomic E-state index is 12.6. The molecule has 5 nitrogen and oxygen atoms in total. The normalized spacial score (nSPS) is 27.3. The Kier molecular flexibility index (Phi) is 3.72. The number of rotatable bonds is 3. The second-order valence-corrected chi connectivity index (χ2v) is 4.42. The molecule has 2 unspecified atom stereocenters. The number of nitrogens with zero attached hydrogens (tertiary/aromatic N) is 1. The molecule has 98 valence electrons. The number of hydrogen-bond donors (Lipinski definition) is 2. The van der Waals surface area contributed by atoms with Crippen molar-refractivity contribution in [2.45, 2.75) is 24.7 Å². The highest BCUT2D eigenvalue weighted by atomic mass is 79.9. The molecular formula is C8H10BrF3N2O3. The number of aliphatic hydroxyl groups excluding tert-OH is 1. The Morgan fingerprint density at radius 3 is 2.41 bits per heavy atom. The third-order valence-electron chi connectivity index (χ3n) is 2.41. The van der Waals surface area contributed by atoms with Crippen LogP contribution in [0.1, 0.15) is 6.92 Å². The molecule has 0 aromatic carbocycles. The Morgan fingerprint density at radius 2 is 2.06 bits per heavy atom. The van der Waals surface area contributed by atoms with Gasteiger partial charge >= 0.3 is 12.2 Å². The van der Waals surface area contributed by atoms with Crippen molar-refractivity contribution in [3.05, 3.63) is 0 Å². The number of urea groups is 1. The highest BCUT2D eigenvalue weighted by Crippen LogP contribution is 2.35. The molecule has 17 heavy (non-hydrogen) atoms. The van der Waals surface area contributed by atoms with E-state index in [2.05, 4.69) is 15.9 Å². The quantitative estimate of drug-likeness (QED) is 0.592. The van der Waals surface area contributed by atoms with Crippen LogP contribution in [0.3, 0.4) is 0 Å². The molecule has 0 aromatic rings. The summed E-state index contributed by atoms with van der Waals surface area (Å²) in [6.45, 7) is 0.106. The average molecular weight is 319 g/mol. The first-order valence-corrected chi connectivity index (χ1v) is 5.70. The van der Waals surface area contributed by atoms with E-state index in [-0.39, 0.29) is 5.33 Å². The molecule has 0 bridgehead atoms. The van der Waals surface area contributed by atoms with Gasteiger partial charge in [0, 0.05) is 5.33 Å². The molecule has 0 aromatic heterocycles. The molecule has 0 radical (unpaired) electrons. The van der Waals surface area contributed by atoms with Gasteiger partial charge in [-0.2, -0.15) is 13.2 Å². The predicted octanol–water partition coefficient (Wildman–Crippen LogP) is 0.615. The minimum atomic E-state index is -4.88. The van der Waals surface area contributed by atoms with E-state index >= 15 is 0 Å². The summed E-state index contributed by atoms with van der Waals surface area (Å²) in [5, 5.41) is 10.9. The van der Waals surface area contributed by atoms with E-state index in [4.69, 9.17) is 0 Å². The van der Waals surface area contributed by atoms with Gasteiger partial charge in [-0.15, -0.1) is 0 Å². The molecule has 0 saturated carbocycles. The Bertz CT molecular complexity index is 349. The van der Waals surface area contributed by atoms with E-state index in [1.807, 2.05) is 0 Å². The highest BCUT2D eigenvalue weighted by Gasteiger charge is 2.64. The lowest BCUT2D eigenvalue weighted by Gasteiger charge is -2.24. The fourth-order valence-electron chi connectivity index (χ4n) is 1.31. The first-order chi connectivity index (χ1) is 7.63. The number of hydrogen-bond acceptors (Lipinski definition) is 3. The van der Waals surface area contributed by atoms with Crippen molar-refractivity contribution in [3.63, 3.8) is 0 Å². The van der Waals surface area contributed by atoms with Crippen molar-refractivity contribution in [1.82, 2.24) is 10.2 Å². The Labute approximate surface area is 103 Å². The molecular weight excluding hydrogens is 309 g/mol. The van der Waals surface area contributed by atoms with E-state index in [9.17, 15) is 27.9 Å². The fourth-order valence-corrected chi connectivity index (χ4v) is 1.52. The number of halogens is 4. The molecule has 2 atom stereocenters. The lowest BCUT2D eigenvalue weighted by atomic mass is 10.0. The van der Waals surface area contributed by atoms with Crippen LogP contribution in [0.15, 0.2) is 0 Å². The van der Waals surface area contributed by atoms with E-state index in [0.717, 1.165) is 0 Å². The average Bonchev–Trinajstić information content (AvgIpc) is 2.42. The number of alkyl halides is 4. The number of aliphatic hydroxyl groups is 1. The molecule has 0 spiro atoms. The van der Waals surface area contributed by atoms with Crippen LogP contribution in [0.5, 0.6) is 0 Å². The topological polar surface area (TPSA) is 69.6 Å². The maximum absolute atomic E-state index is 12.6. The number of imide groups is 1. The number of nitrogens with one attached hydrogen (secondary N) is 1. The standard InChI is InChI=1S/C8H10BrF3N2O3/c1-7(8(10,11)12)5(16)14(6(17)13-7)3-4(15)2-9/h4,15H,2-3H2,1H3,(H,13,17). The van der Waals surface area contributed by atoms with Crippen LogP contribution in [0, 0.1) is 0 Å². The van der Waals surface area contributed by atoms with Gasteiger partial charge in [0.05, 0.1) is 12.6 Å². The maximum Gasteiger partial charge on any atom is 0.420 e. The minimum absolute atomic E-state index is 0.0484. The van der Waals surface area contributed by atoms with Gasteiger partial charge in [-0.1, -0.05) is 15.9 Å². The van der Waals surface area contributed by atoms with Gasteiger partial charge in [0.1, 0.15) is 0 Å². The van der Waals surface area contributed by atoms with Gasteiger partial charge in [-0.3, -0.25) is 9.69 Å². The van der Waals surface area contributed by atoms with Gasteiger partial charge in [0.25, 0.3) is 5.91 Å². The summed E-state index contributed by atoms with van der Waals surface area (Å²) in [6, 6.07) is -1.16. The minimum Gasteiger partial charge on any atom is -0.390 e. The Morgan fingerprint density at radius 1 is 1.53 bits per heavy atom. The predicted molar refractivity (Wildman–Crippen MR) is 54.5 cm³/mol. The molecule has 1 aliphatic heterocycles. The SMILES string of the molecule is CC1(C(F)(F)F)NC(=O)N(CC(O)CBr)C1=O. The molecule has 1 fully saturated rings. The molecule has 1 saturated heterocycles. The van der Waals surface area contributed by atoms with Gasteiger partial charge in [-0.05, 0) is 6.92 Å². The van der Waals surface area contributed by atoms with Gasteiger partial charge in [0.15, 0.2) is 0 Å².